The number of fused-ring (bicyclic) bond motifs is 2. The molecule has 0 saturated carbocycles. The Morgan fingerprint density at radius 2 is 1.87 bits per heavy atom. The molecule has 0 fully saturated rings. The largest absolute Gasteiger partial charge is 0.338 e. The molecular formula is C29H25N7O2S. The smallest absolute Gasteiger partial charge is 0.238 e. The van der Waals surface area contributed by atoms with Gasteiger partial charge in [0.05, 0.1) is 34.5 Å². The van der Waals surface area contributed by atoms with Crippen LogP contribution in [0.2, 0.25) is 0 Å². The molecule has 9 nitrogen and oxygen atoms in total. The average Bonchev–Trinajstić information content (AvgIpc) is 3.65. The van der Waals surface area contributed by atoms with Crippen LogP contribution in [0.3, 0.4) is 0 Å². The molecule has 0 spiro atoms. The number of nitrogens with one attached hydrogen (secondary N) is 3. The van der Waals surface area contributed by atoms with Gasteiger partial charge in [0.1, 0.15) is 11.3 Å². The van der Waals surface area contributed by atoms with E-state index in [0.717, 1.165) is 59.8 Å². The molecule has 0 aliphatic heterocycles. The predicted molar refractivity (Wildman–Crippen MR) is 155 cm³/mol. The highest BCUT2D eigenvalue weighted by molar-refractivity contribution is 7.17. The van der Waals surface area contributed by atoms with Gasteiger partial charge in [0.2, 0.25) is 5.91 Å². The number of thiophene rings is 1. The van der Waals surface area contributed by atoms with Crippen LogP contribution in [0.4, 0.5) is 5.69 Å². The summed E-state index contributed by atoms with van der Waals surface area (Å²) in [6, 6.07) is 15.8. The first-order chi connectivity index (χ1) is 18.9. The highest BCUT2D eigenvalue weighted by Crippen LogP contribution is 2.37. The molecule has 0 atom stereocenters. The number of ketones is 1. The van der Waals surface area contributed by atoms with E-state index >= 15 is 0 Å². The lowest BCUT2D eigenvalue weighted by Crippen LogP contribution is -2.27. The van der Waals surface area contributed by atoms with Crippen LogP contribution in [0.5, 0.6) is 0 Å². The third-order valence-corrected chi connectivity index (χ3v) is 7.60. The average molecular weight is 536 g/mol. The van der Waals surface area contributed by atoms with Gasteiger partial charge >= 0.3 is 0 Å². The summed E-state index contributed by atoms with van der Waals surface area (Å²) in [6.45, 7) is 1.87. The number of amides is 1. The van der Waals surface area contributed by atoms with Gasteiger partial charge in [-0.05, 0) is 69.0 Å². The van der Waals surface area contributed by atoms with Gasteiger partial charge in [-0.15, -0.1) is 11.3 Å². The van der Waals surface area contributed by atoms with Crippen molar-refractivity contribution in [1.29, 1.82) is 0 Å². The number of hydrogen-bond donors (Lipinski definition) is 3. The second kappa shape index (κ2) is 9.90. The molecular weight excluding hydrogens is 510 g/mol. The van der Waals surface area contributed by atoms with E-state index in [1.165, 1.54) is 11.3 Å². The number of rotatable bonds is 7. The SMILES string of the molecule is CC(=O)c1ccc(-c2ccnc3[nH]c(-c4n[nH]c5ccc(-c6cncc(NC(=O)CN(C)C)c6)cc45)cc23)s1. The van der Waals surface area contributed by atoms with E-state index in [0.29, 0.717) is 12.2 Å². The minimum absolute atomic E-state index is 0.0572. The summed E-state index contributed by atoms with van der Waals surface area (Å²) < 4.78 is 0. The number of Topliss-reactive ketones (excluding diaryl/α,β-unsaturated/α-hetero) is 1. The zero-order valence-corrected chi connectivity index (χ0v) is 22.4. The second-order valence-corrected chi connectivity index (χ2v) is 10.7. The fourth-order valence-electron chi connectivity index (χ4n) is 4.59. The monoisotopic (exact) mass is 535 g/mol. The molecule has 0 unspecified atom stereocenters. The molecule has 3 N–H and O–H groups in total. The second-order valence-electron chi connectivity index (χ2n) is 9.60. The number of aromatic amines is 2. The number of hydrogen-bond acceptors (Lipinski definition) is 7. The van der Waals surface area contributed by atoms with Gasteiger partial charge in [0.15, 0.2) is 5.78 Å². The first-order valence-corrected chi connectivity index (χ1v) is 13.1. The van der Waals surface area contributed by atoms with Gasteiger partial charge in [-0.2, -0.15) is 5.10 Å². The molecule has 39 heavy (non-hydrogen) atoms. The highest BCUT2D eigenvalue weighted by atomic mass is 32.1. The van der Waals surface area contributed by atoms with E-state index in [2.05, 4.69) is 42.6 Å². The van der Waals surface area contributed by atoms with Crippen LogP contribution in [-0.4, -0.2) is 62.4 Å². The molecule has 0 saturated heterocycles. The molecule has 194 valence electrons. The molecule has 1 amide bonds. The van der Waals surface area contributed by atoms with Crippen molar-refractivity contribution in [2.24, 2.45) is 0 Å². The fourth-order valence-corrected chi connectivity index (χ4v) is 5.53. The summed E-state index contributed by atoms with van der Waals surface area (Å²) in [5.74, 6) is -0.0415. The van der Waals surface area contributed by atoms with Crippen LogP contribution in [0.15, 0.2) is 67.1 Å². The quantitative estimate of drug-likeness (QED) is 0.229. The Morgan fingerprint density at radius 3 is 2.67 bits per heavy atom. The minimum atomic E-state index is -0.0987. The third-order valence-electron chi connectivity index (χ3n) is 6.38. The topological polar surface area (TPSA) is 120 Å². The lowest BCUT2D eigenvalue weighted by molar-refractivity contribution is -0.116. The lowest BCUT2D eigenvalue weighted by Gasteiger charge is -2.11. The maximum Gasteiger partial charge on any atom is 0.238 e. The van der Waals surface area contributed by atoms with Crippen molar-refractivity contribution in [1.82, 2.24) is 30.0 Å². The standard InChI is InChI=1S/C29H25N7O2S/c1-16(37)25-6-7-26(39-25)20-8-9-31-29-21(20)12-24(33-29)28-22-11-17(4-5-23(22)34-35-28)18-10-19(14-30-13-18)32-27(38)15-36(2)3/h4-14H,15H2,1-3H3,(H,31,33)(H,32,38)(H,34,35). The number of carbonyl (C=O) groups excluding carboxylic acids is 2. The molecule has 6 aromatic rings. The first-order valence-electron chi connectivity index (χ1n) is 12.3. The van der Waals surface area contributed by atoms with Crippen LogP contribution >= 0.6 is 11.3 Å². The number of carbonyl (C=O) groups is 2. The molecule has 0 bridgehead atoms. The van der Waals surface area contributed by atoms with Gasteiger partial charge in [-0.1, -0.05) is 6.07 Å². The van der Waals surface area contributed by atoms with Crippen LogP contribution in [0.1, 0.15) is 16.6 Å². The van der Waals surface area contributed by atoms with E-state index in [9.17, 15) is 9.59 Å². The van der Waals surface area contributed by atoms with Crippen molar-refractivity contribution in [3.8, 4) is 33.0 Å². The molecule has 5 aromatic heterocycles. The lowest BCUT2D eigenvalue weighted by atomic mass is 10.0. The van der Waals surface area contributed by atoms with E-state index < -0.39 is 0 Å². The van der Waals surface area contributed by atoms with E-state index in [1.54, 1.807) is 25.5 Å². The molecule has 10 heteroatoms. The summed E-state index contributed by atoms with van der Waals surface area (Å²) in [5.41, 5.74) is 6.74. The van der Waals surface area contributed by atoms with Crippen molar-refractivity contribution >= 4 is 50.7 Å². The zero-order valence-electron chi connectivity index (χ0n) is 21.6. The Labute approximate surface area is 227 Å². The fraction of sp³-hybridized carbons (Fsp3) is 0.138. The Bertz CT molecular complexity index is 1860. The van der Waals surface area contributed by atoms with Gasteiger partial charge in [0.25, 0.3) is 0 Å². The number of H-pyrrole nitrogens is 2. The molecule has 6 rings (SSSR count). The zero-order chi connectivity index (χ0) is 27.1. The number of anilines is 1. The Kier molecular flexibility index (Phi) is 6.26. The van der Waals surface area contributed by atoms with E-state index in [-0.39, 0.29) is 11.7 Å². The normalized spacial score (nSPS) is 11.5. The maximum absolute atomic E-state index is 12.2. The van der Waals surface area contributed by atoms with Crippen molar-refractivity contribution in [3.63, 3.8) is 0 Å². The molecule has 5 heterocycles. The van der Waals surface area contributed by atoms with Crippen molar-refractivity contribution in [3.05, 3.63) is 72.0 Å². The summed E-state index contributed by atoms with van der Waals surface area (Å²) in [5, 5.41) is 12.5. The number of aromatic nitrogens is 5. The van der Waals surface area contributed by atoms with E-state index in [4.69, 9.17) is 0 Å². The van der Waals surface area contributed by atoms with Crippen LogP contribution in [-0.2, 0) is 4.79 Å². The first kappa shape index (κ1) is 24.7. The predicted octanol–water partition coefficient (Wildman–Crippen LogP) is 5.60. The molecule has 0 aliphatic rings. The van der Waals surface area contributed by atoms with Crippen LogP contribution in [0, 0.1) is 0 Å². The van der Waals surface area contributed by atoms with Crippen molar-refractivity contribution in [2.45, 2.75) is 6.92 Å². The summed E-state index contributed by atoms with van der Waals surface area (Å²) >= 11 is 1.48. The van der Waals surface area contributed by atoms with Crippen LogP contribution in [0.25, 0.3) is 54.9 Å². The minimum Gasteiger partial charge on any atom is -0.338 e. The highest BCUT2D eigenvalue weighted by Gasteiger charge is 2.16. The van der Waals surface area contributed by atoms with Gasteiger partial charge in [-0.25, -0.2) is 4.98 Å². The molecule has 1 aromatic carbocycles. The van der Waals surface area contributed by atoms with Gasteiger partial charge < -0.3 is 15.2 Å². The van der Waals surface area contributed by atoms with Gasteiger partial charge in [-0.3, -0.25) is 19.7 Å². The number of pyridine rings is 2. The summed E-state index contributed by atoms with van der Waals surface area (Å²) in [7, 11) is 3.70. The number of benzene rings is 1. The third kappa shape index (κ3) is 4.83. The molecule has 0 aliphatic carbocycles. The molecule has 0 radical (unpaired) electrons. The number of likely N-dealkylation sites (N-methyl/N-ethyl adjacent to an activating group) is 1. The summed E-state index contributed by atoms with van der Waals surface area (Å²) in [6.07, 6.45) is 5.18. The van der Waals surface area contributed by atoms with Gasteiger partial charge in [0, 0.05) is 39.2 Å². The Morgan fingerprint density at radius 1 is 1.00 bits per heavy atom. The van der Waals surface area contributed by atoms with E-state index in [1.807, 2.05) is 55.4 Å². The van der Waals surface area contributed by atoms with Crippen molar-refractivity contribution < 1.29 is 9.59 Å². The van der Waals surface area contributed by atoms with Crippen LogP contribution < -0.4 is 5.32 Å². The maximum atomic E-state index is 12.2. The number of nitrogens with zero attached hydrogens (tertiary/aromatic N) is 4. The van der Waals surface area contributed by atoms with Crippen molar-refractivity contribution in [2.75, 3.05) is 26.0 Å². The Hall–Kier alpha value is -4.67. The Balaban J connectivity index is 1.37. The summed E-state index contributed by atoms with van der Waals surface area (Å²) in [4.78, 5) is 39.9.